The number of benzene rings is 1. The van der Waals surface area contributed by atoms with Crippen LogP contribution in [0.25, 0.3) is 12.2 Å². The topological polar surface area (TPSA) is 79.4 Å². The summed E-state index contributed by atoms with van der Waals surface area (Å²) in [7, 11) is 0. The lowest BCUT2D eigenvalue weighted by Crippen LogP contribution is -2.22. The van der Waals surface area contributed by atoms with Crippen molar-refractivity contribution in [1.29, 1.82) is 0 Å². The Morgan fingerprint density at radius 2 is 2.08 bits per heavy atom. The molecular formula is C18H21NO4S. The third-order valence-electron chi connectivity index (χ3n) is 3.26. The second kappa shape index (κ2) is 7.05. The number of ketones is 1. The lowest BCUT2D eigenvalue weighted by Gasteiger charge is -2.12. The number of aromatic hydroxyl groups is 1. The maximum absolute atomic E-state index is 12.1. The summed E-state index contributed by atoms with van der Waals surface area (Å²) in [6.07, 6.45) is 3.16. The standard InChI is InChI=1S/C18H21NO4S/c1-5-23-13-8-11(6-7-12(13)20)9-14-17(22)19-16(24-14)10-15(21)18(2,3)4/h6-10,20H,5H2,1-4H3,(H,19,22). The van der Waals surface area contributed by atoms with Gasteiger partial charge in [0.15, 0.2) is 17.3 Å². The SMILES string of the molecule is CCOc1cc(C=c2sc(=CC(=O)C(C)(C)C)[nH]c2=O)ccc1O. The highest BCUT2D eigenvalue weighted by molar-refractivity contribution is 7.07. The van der Waals surface area contributed by atoms with Gasteiger partial charge in [-0.05, 0) is 30.7 Å². The Bertz CT molecular complexity index is 916. The predicted octanol–water partition coefficient (Wildman–Crippen LogP) is 1.77. The average Bonchev–Trinajstić information content (AvgIpc) is 2.81. The van der Waals surface area contributed by atoms with E-state index in [1.54, 1.807) is 18.2 Å². The quantitative estimate of drug-likeness (QED) is 0.883. The van der Waals surface area contributed by atoms with Crippen molar-refractivity contribution in [2.45, 2.75) is 27.7 Å². The molecule has 0 radical (unpaired) electrons. The lowest BCUT2D eigenvalue weighted by molar-refractivity contribution is -0.119. The van der Waals surface area contributed by atoms with Gasteiger partial charge in [0.05, 0.1) is 15.8 Å². The first-order valence-corrected chi connectivity index (χ1v) is 8.45. The monoisotopic (exact) mass is 347 g/mol. The fourth-order valence-electron chi connectivity index (χ4n) is 1.90. The molecule has 24 heavy (non-hydrogen) atoms. The van der Waals surface area contributed by atoms with E-state index in [2.05, 4.69) is 4.98 Å². The molecule has 0 aliphatic rings. The molecule has 1 heterocycles. The summed E-state index contributed by atoms with van der Waals surface area (Å²) in [6, 6.07) is 4.89. The summed E-state index contributed by atoms with van der Waals surface area (Å²) >= 11 is 1.22. The van der Waals surface area contributed by atoms with E-state index >= 15 is 0 Å². The van der Waals surface area contributed by atoms with Crippen LogP contribution >= 0.6 is 11.3 Å². The van der Waals surface area contributed by atoms with Crippen molar-refractivity contribution < 1.29 is 14.6 Å². The second-order valence-corrected chi connectivity index (χ2v) is 7.43. The molecule has 6 heteroatoms. The lowest BCUT2D eigenvalue weighted by atomic mass is 9.91. The Labute approximate surface area is 143 Å². The van der Waals surface area contributed by atoms with E-state index in [0.29, 0.717) is 21.6 Å². The minimum absolute atomic E-state index is 0.0465. The number of thiazole rings is 1. The summed E-state index contributed by atoms with van der Waals surface area (Å²) in [5.41, 5.74) is -0.00928. The summed E-state index contributed by atoms with van der Waals surface area (Å²) in [4.78, 5) is 26.8. The second-order valence-electron chi connectivity index (χ2n) is 6.35. The number of hydrogen-bond donors (Lipinski definition) is 2. The zero-order valence-corrected chi connectivity index (χ0v) is 15.0. The molecule has 0 unspecified atom stereocenters. The largest absolute Gasteiger partial charge is 0.504 e. The molecule has 0 saturated carbocycles. The smallest absolute Gasteiger partial charge is 0.266 e. The Balaban J connectivity index is 2.46. The fourth-order valence-corrected chi connectivity index (χ4v) is 2.79. The molecule has 5 nitrogen and oxygen atoms in total. The summed E-state index contributed by atoms with van der Waals surface area (Å²) in [5.74, 6) is 0.377. The van der Waals surface area contributed by atoms with Gasteiger partial charge in [0.1, 0.15) is 0 Å². The zero-order valence-electron chi connectivity index (χ0n) is 14.2. The van der Waals surface area contributed by atoms with Crippen LogP contribution in [-0.2, 0) is 4.79 Å². The summed E-state index contributed by atoms with van der Waals surface area (Å²) in [5, 5.41) is 9.72. The highest BCUT2D eigenvalue weighted by Crippen LogP contribution is 2.26. The van der Waals surface area contributed by atoms with Crippen molar-refractivity contribution in [3.8, 4) is 11.5 Å². The molecular weight excluding hydrogens is 326 g/mol. The predicted molar refractivity (Wildman–Crippen MR) is 96.0 cm³/mol. The van der Waals surface area contributed by atoms with Crippen LogP contribution in [0.3, 0.4) is 0 Å². The number of phenols is 1. The zero-order chi connectivity index (χ0) is 17.9. The Morgan fingerprint density at radius 3 is 2.71 bits per heavy atom. The number of nitrogens with one attached hydrogen (secondary N) is 1. The van der Waals surface area contributed by atoms with Crippen LogP contribution in [0.2, 0.25) is 0 Å². The van der Waals surface area contributed by atoms with Gasteiger partial charge in [-0.15, -0.1) is 11.3 Å². The van der Waals surface area contributed by atoms with Crippen molar-refractivity contribution in [2.24, 2.45) is 5.41 Å². The van der Waals surface area contributed by atoms with E-state index in [1.165, 1.54) is 23.5 Å². The maximum Gasteiger partial charge on any atom is 0.266 e. The molecule has 0 atom stereocenters. The third-order valence-corrected chi connectivity index (χ3v) is 4.23. The van der Waals surface area contributed by atoms with E-state index in [4.69, 9.17) is 4.74 Å². The van der Waals surface area contributed by atoms with Crippen LogP contribution < -0.4 is 19.5 Å². The molecule has 0 fully saturated rings. The number of H-pyrrole nitrogens is 1. The average molecular weight is 347 g/mol. The summed E-state index contributed by atoms with van der Waals surface area (Å²) < 4.78 is 6.34. The minimum atomic E-state index is -0.492. The third kappa shape index (κ3) is 4.35. The first kappa shape index (κ1) is 18.0. The number of carbonyl (C=O) groups excluding carboxylic acids is 1. The first-order valence-electron chi connectivity index (χ1n) is 7.63. The number of aromatic amines is 1. The molecule has 2 aromatic rings. The molecule has 2 N–H and O–H groups in total. The fraction of sp³-hybridized carbons (Fsp3) is 0.333. The molecule has 1 aromatic heterocycles. The molecule has 0 saturated heterocycles. The van der Waals surface area contributed by atoms with Crippen LogP contribution in [0, 0.1) is 5.41 Å². The normalized spacial score (nSPS) is 13.3. The minimum Gasteiger partial charge on any atom is -0.504 e. The van der Waals surface area contributed by atoms with Gasteiger partial charge < -0.3 is 14.8 Å². The van der Waals surface area contributed by atoms with Crippen molar-refractivity contribution in [1.82, 2.24) is 4.98 Å². The first-order chi connectivity index (χ1) is 11.2. The maximum atomic E-state index is 12.1. The van der Waals surface area contributed by atoms with Gasteiger partial charge in [-0.1, -0.05) is 26.8 Å². The van der Waals surface area contributed by atoms with Crippen LogP contribution in [0.4, 0.5) is 0 Å². The van der Waals surface area contributed by atoms with E-state index in [0.717, 1.165) is 5.56 Å². The number of rotatable bonds is 4. The van der Waals surface area contributed by atoms with Crippen LogP contribution in [0.5, 0.6) is 11.5 Å². The van der Waals surface area contributed by atoms with Crippen molar-refractivity contribution in [3.05, 3.63) is 43.3 Å². The number of ether oxygens (including phenoxy) is 1. The highest BCUT2D eigenvalue weighted by atomic mass is 32.1. The van der Waals surface area contributed by atoms with Crippen molar-refractivity contribution in [3.63, 3.8) is 0 Å². The molecule has 0 amide bonds. The van der Waals surface area contributed by atoms with Crippen LogP contribution in [-0.4, -0.2) is 22.5 Å². The van der Waals surface area contributed by atoms with Gasteiger partial charge in [-0.25, -0.2) is 0 Å². The van der Waals surface area contributed by atoms with E-state index in [1.807, 2.05) is 27.7 Å². The van der Waals surface area contributed by atoms with E-state index in [9.17, 15) is 14.7 Å². The Morgan fingerprint density at radius 1 is 1.38 bits per heavy atom. The van der Waals surface area contributed by atoms with Gasteiger partial charge in [0, 0.05) is 11.5 Å². The van der Waals surface area contributed by atoms with Gasteiger partial charge in [0.25, 0.3) is 5.56 Å². The number of Topliss-reactive ketones (excluding diaryl/α,β-unsaturated/α-hetero) is 1. The molecule has 128 valence electrons. The van der Waals surface area contributed by atoms with Crippen molar-refractivity contribution in [2.75, 3.05) is 6.61 Å². The number of phenolic OH excluding ortho intramolecular Hbond substituents is 1. The Kier molecular flexibility index (Phi) is 5.29. The molecule has 1 aromatic carbocycles. The van der Waals surface area contributed by atoms with Gasteiger partial charge in [-0.3, -0.25) is 9.59 Å². The van der Waals surface area contributed by atoms with Crippen LogP contribution in [0.1, 0.15) is 33.3 Å². The number of aromatic nitrogens is 1. The van der Waals surface area contributed by atoms with Crippen LogP contribution in [0.15, 0.2) is 23.0 Å². The van der Waals surface area contributed by atoms with Gasteiger partial charge >= 0.3 is 0 Å². The number of carbonyl (C=O) groups is 1. The molecule has 0 bridgehead atoms. The van der Waals surface area contributed by atoms with E-state index < -0.39 is 5.41 Å². The van der Waals surface area contributed by atoms with E-state index in [-0.39, 0.29) is 17.1 Å². The molecule has 0 spiro atoms. The molecule has 0 aliphatic heterocycles. The number of hydrogen-bond acceptors (Lipinski definition) is 5. The van der Waals surface area contributed by atoms with Gasteiger partial charge in [-0.2, -0.15) is 0 Å². The highest BCUT2D eigenvalue weighted by Gasteiger charge is 2.18. The molecule has 2 rings (SSSR count). The Hall–Kier alpha value is -2.34. The summed E-state index contributed by atoms with van der Waals surface area (Å²) in [6.45, 7) is 7.75. The van der Waals surface area contributed by atoms with Crippen molar-refractivity contribution >= 4 is 29.3 Å². The molecule has 0 aliphatic carbocycles. The van der Waals surface area contributed by atoms with Gasteiger partial charge in [0.2, 0.25) is 0 Å².